The number of amides is 2. The highest BCUT2D eigenvalue weighted by Gasteiger charge is 2.23. The molecular formula is C20H28N2O6. The molecule has 8 heteroatoms. The van der Waals surface area contributed by atoms with Crippen molar-refractivity contribution in [3.05, 3.63) is 23.3 Å². The van der Waals surface area contributed by atoms with E-state index in [2.05, 4.69) is 10.6 Å². The van der Waals surface area contributed by atoms with Crippen LogP contribution in [-0.2, 0) is 9.47 Å². The fourth-order valence-electron chi connectivity index (χ4n) is 3.47. The first-order valence-electron chi connectivity index (χ1n) is 9.68. The van der Waals surface area contributed by atoms with Gasteiger partial charge in [0.25, 0.3) is 11.8 Å². The van der Waals surface area contributed by atoms with E-state index in [4.69, 9.17) is 18.9 Å². The normalized spacial score (nSPS) is 21.4. The number of nitrogens with one attached hydrogen (secondary N) is 2. The number of carbonyl (C=O) groups excluding carboxylic acids is 2. The molecule has 2 atom stereocenters. The van der Waals surface area contributed by atoms with Crippen LogP contribution in [0.5, 0.6) is 11.5 Å². The Hall–Kier alpha value is -2.32. The number of benzene rings is 1. The zero-order chi connectivity index (χ0) is 19.9. The largest absolute Gasteiger partial charge is 0.496 e. The molecule has 2 N–H and O–H groups in total. The molecule has 28 heavy (non-hydrogen) atoms. The van der Waals surface area contributed by atoms with Crippen LogP contribution in [0.4, 0.5) is 0 Å². The van der Waals surface area contributed by atoms with Gasteiger partial charge >= 0.3 is 0 Å². The Labute approximate surface area is 164 Å². The summed E-state index contributed by atoms with van der Waals surface area (Å²) in [5.41, 5.74) is 0.626. The molecule has 0 bridgehead atoms. The predicted molar refractivity (Wildman–Crippen MR) is 102 cm³/mol. The maximum absolute atomic E-state index is 12.6. The van der Waals surface area contributed by atoms with Crippen LogP contribution in [0, 0.1) is 0 Å². The molecule has 0 spiro atoms. The summed E-state index contributed by atoms with van der Waals surface area (Å²) in [6, 6.07) is 3.06. The van der Waals surface area contributed by atoms with Crippen LogP contribution < -0.4 is 20.1 Å². The second-order valence-electron chi connectivity index (χ2n) is 6.94. The third-order valence-electron chi connectivity index (χ3n) is 5.04. The van der Waals surface area contributed by atoms with Gasteiger partial charge in [-0.25, -0.2) is 0 Å². The summed E-state index contributed by atoms with van der Waals surface area (Å²) in [5, 5.41) is 5.72. The molecule has 8 nitrogen and oxygen atoms in total. The van der Waals surface area contributed by atoms with E-state index in [1.165, 1.54) is 26.4 Å². The third kappa shape index (κ3) is 4.94. The molecule has 0 aromatic heterocycles. The van der Waals surface area contributed by atoms with Crippen molar-refractivity contribution in [1.29, 1.82) is 0 Å². The van der Waals surface area contributed by atoms with Gasteiger partial charge in [0.05, 0.1) is 37.6 Å². The summed E-state index contributed by atoms with van der Waals surface area (Å²) in [5.74, 6) is 0.0368. The Morgan fingerprint density at radius 3 is 1.64 bits per heavy atom. The van der Waals surface area contributed by atoms with Gasteiger partial charge < -0.3 is 29.6 Å². The van der Waals surface area contributed by atoms with Gasteiger partial charge in [-0.2, -0.15) is 0 Å². The highest BCUT2D eigenvalue weighted by Crippen LogP contribution is 2.29. The molecule has 0 unspecified atom stereocenters. The van der Waals surface area contributed by atoms with E-state index >= 15 is 0 Å². The van der Waals surface area contributed by atoms with Gasteiger partial charge in [-0.1, -0.05) is 0 Å². The number of hydrogen-bond donors (Lipinski definition) is 2. The summed E-state index contributed by atoms with van der Waals surface area (Å²) in [6.45, 7) is 2.34. The van der Waals surface area contributed by atoms with Crippen molar-refractivity contribution in [2.45, 2.75) is 37.9 Å². The van der Waals surface area contributed by atoms with Crippen molar-refractivity contribution in [2.75, 3.05) is 40.5 Å². The van der Waals surface area contributed by atoms with Crippen molar-refractivity contribution in [1.82, 2.24) is 10.6 Å². The summed E-state index contributed by atoms with van der Waals surface area (Å²) >= 11 is 0. The van der Waals surface area contributed by atoms with Gasteiger partial charge in [0.1, 0.15) is 11.5 Å². The number of methoxy groups -OCH3 is 2. The molecule has 2 heterocycles. The fraction of sp³-hybridized carbons (Fsp3) is 0.600. The van der Waals surface area contributed by atoms with Gasteiger partial charge in [-0.05, 0) is 37.8 Å². The Bertz CT molecular complexity index is 636. The van der Waals surface area contributed by atoms with Crippen LogP contribution >= 0.6 is 0 Å². The molecule has 154 valence electrons. The summed E-state index contributed by atoms with van der Waals surface area (Å²) in [6.07, 6.45) is 3.97. The van der Waals surface area contributed by atoms with Gasteiger partial charge in [-0.15, -0.1) is 0 Å². The van der Waals surface area contributed by atoms with Crippen molar-refractivity contribution in [3.63, 3.8) is 0 Å². The van der Waals surface area contributed by atoms with Crippen LogP contribution in [-0.4, -0.2) is 64.5 Å². The van der Waals surface area contributed by atoms with E-state index in [-0.39, 0.29) is 24.0 Å². The average molecular weight is 392 g/mol. The predicted octanol–water partition coefficient (Wildman–Crippen LogP) is 1.52. The Kier molecular flexibility index (Phi) is 7.11. The lowest BCUT2D eigenvalue weighted by Gasteiger charge is -2.16. The number of carbonyl (C=O) groups is 2. The molecule has 2 aliphatic heterocycles. The molecule has 2 fully saturated rings. The fourth-order valence-corrected chi connectivity index (χ4v) is 3.47. The summed E-state index contributed by atoms with van der Waals surface area (Å²) < 4.78 is 21.8. The molecule has 3 rings (SSSR count). The topological polar surface area (TPSA) is 95.1 Å². The smallest absolute Gasteiger partial charge is 0.255 e. The monoisotopic (exact) mass is 392 g/mol. The van der Waals surface area contributed by atoms with Gasteiger partial charge in [0, 0.05) is 26.3 Å². The zero-order valence-electron chi connectivity index (χ0n) is 16.4. The second-order valence-corrected chi connectivity index (χ2v) is 6.94. The third-order valence-corrected chi connectivity index (χ3v) is 5.04. The Balaban J connectivity index is 1.70. The quantitative estimate of drug-likeness (QED) is 0.697. The lowest BCUT2D eigenvalue weighted by molar-refractivity contribution is 0.0846. The van der Waals surface area contributed by atoms with Crippen LogP contribution in [0.3, 0.4) is 0 Å². The number of hydrogen-bond acceptors (Lipinski definition) is 6. The minimum atomic E-state index is -0.294. The van der Waals surface area contributed by atoms with Crippen LogP contribution in [0.15, 0.2) is 12.1 Å². The first-order valence-corrected chi connectivity index (χ1v) is 9.68. The maximum atomic E-state index is 12.6. The molecule has 2 amide bonds. The van der Waals surface area contributed by atoms with E-state index in [1.54, 1.807) is 0 Å². The first-order chi connectivity index (χ1) is 13.6. The molecule has 2 aliphatic rings. The lowest BCUT2D eigenvalue weighted by atomic mass is 10.1. The van der Waals surface area contributed by atoms with Crippen molar-refractivity contribution in [3.8, 4) is 11.5 Å². The minimum absolute atomic E-state index is 0.0414. The van der Waals surface area contributed by atoms with Crippen molar-refractivity contribution >= 4 is 11.8 Å². The number of ether oxygens (including phenoxy) is 4. The molecule has 1 aromatic carbocycles. The molecule has 0 radical (unpaired) electrons. The van der Waals surface area contributed by atoms with E-state index in [0.29, 0.717) is 35.7 Å². The van der Waals surface area contributed by atoms with Crippen molar-refractivity contribution < 1.29 is 28.5 Å². The molecule has 0 aliphatic carbocycles. The standard InChI is InChI=1S/C20H28N2O6/c1-25-17-9-16(20(24)22-12-14-6-4-8-28-14)18(26-2)10-15(17)19(23)21-11-13-5-3-7-27-13/h9-10,13-14H,3-8,11-12H2,1-2H3,(H,21,23)(H,22,24)/t13-,14+. The molecule has 1 aromatic rings. The maximum Gasteiger partial charge on any atom is 0.255 e. The zero-order valence-corrected chi connectivity index (χ0v) is 16.4. The van der Waals surface area contributed by atoms with Crippen LogP contribution in [0.2, 0.25) is 0 Å². The van der Waals surface area contributed by atoms with E-state index in [1.807, 2.05) is 0 Å². The molecular weight excluding hydrogens is 364 g/mol. The van der Waals surface area contributed by atoms with E-state index in [9.17, 15) is 9.59 Å². The lowest BCUT2D eigenvalue weighted by Crippen LogP contribution is -2.33. The van der Waals surface area contributed by atoms with Gasteiger partial charge in [0.15, 0.2) is 0 Å². The Morgan fingerprint density at radius 2 is 1.32 bits per heavy atom. The first kappa shape index (κ1) is 20.4. The minimum Gasteiger partial charge on any atom is -0.496 e. The molecule has 2 saturated heterocycles. The van der Waals surface area contributed by atoms with Crippen molar-refractivity contribution in [2.24, 2.45) is 0 Å². The Morgan fingerprint density at radius 1 is 0.893 bits per heavy atom. The number of rotatable bonds is 8. The highest BCUT2D eigenvalue weighted by molar-refractivity contribution is 6.02. The second kappa shape index (κ2) is 9.75. The average Bonchev–Trinajstić information content (AvgIpc) is 3.43. The SMILES string of the molecule is COc1cc(C(=O)NC[C@@H]2CCCO2)c(OC)cc1C(=O)NC[C@H]1CCCO1. The van der Waals surface area contributed by atoms with Crippen LogP contribution in [0.25, 0.3) is 0 Å². The van der Waals surface area contributed by atoms with E-state index < -0.39 is 0 Å². The van der Waals surface area contributed by atoms with E-state index in [0.717, 1.165) is 38.9 Å². The highest BCUT2D eigenvalue weighted by atomic mass is 16.5. The van der Waals surface area contributed by atoms with Gasteiger partial charge in [-0.3, -0.25) is 9.59 Å². The van der Waals surface area contributed by atoms with Crippen LogP contribution in [0.1, 0.15) is 46.4 Å². The van der Waals surface area contributed by atoms with Gasteiger partial charge in [0.2, 0.25) is 0 Å². The summed E-state index contributed by atoms with van der Waals surface area (Å²) in [7, 11) is 2.93. The summed E-state index contributed by atoms with van der Waals surface area (Å²) in [4.78, 5) is 25.2. The molecule has 0 saturated carbocycles.